The zero-order valence-corrected chi connectivity index (χ0v) is 14.0. The maximum Gasteiger partial charge on any atom is 0.408 e. The number of hydrogen-bond donors (Lipinski definition) is 2. The van der Waals surface area contributed by atoms with Gasteiger partial charge in [-0.3, -0.25) is 14.9 Å². The van der Waals surface area contributed by atoms with Gasteiger partial charge in [-0.1, -0.05) is 26.0 Å². The number of rotatable bonds is 8. The predicted molar refractivity (Wildman–Crippen MR) is 88.3 cm³/mol. The van der Waals surface area contributed by atoms with E-state index in [0.29, 0.717) is 12.0 Å². The topological polar surface area (TPSA) is 134 Å². The van der Waals surface area contributed by atoms with E-state index in [-0.39, 0.29) is 24.8 Å². The van der Waals surface area contributed by atoms with Gasteiger partial charge in [0.05, 0.1) is 11.0 Å². The van der Waals surface area contributed by atoms with Crippen LogP contribution in [0.3, 0.4) is 0 Å². The standard InChI is InChI=1S/C16H20N4O5/c1-11(2)8-14(15(21)18-7-6-17)19-16(22)25-10-12-4-3-5-13(9-12)20(23)24/h3-5,9,11,14H,7-8,10H2,1-2H3,(H,18,21)(H,19,22)/t14-/m0/s1. The van der Waals surface area contributed by atoms with Gasteiger partial charge >= 0.3 is 6.09 Å². The van der Waals surface area contributed by atoms with E-state index in [9.17, 15) is 19.7 Å². The Labute approximate surface area is 145 Å². The number of nitro benzene ring substituents is 1. The third-order valence-corrected chi connectivity index (χ3v) is 3.15. The summed E-state index contributed by atoms with van der Waals surface area (Å²) in [7, 11) is 0. The Kier molecular flexibility index (Phi) is 7.86. The molecule has 0 aliphatic rings. The van der Waals surface area contributed by atoms with Crippen molar-refractivity contribution in [3.63, 3.8) is 0 Å². The molecule has 0 aromatic heterocycles. The van der Waals surface area contributed by atoms with Crippen molar-refractivity contribution in [2.45, 2.75) is 32.9 Å². The first-order valence-electron chi connectivity index (χ1n) is 7.64. The number of nitro groups is 1. The molecule has 0 radical (unpaired) electrons. The van der Waals surface area contributed by atoms with E-state index in [1.54, 1.807) is 12.1 Å². The van der Waals surface area contributed by atoms with Crippen LogP contribution in [0.15, 0.2) is 24.3 Å². The van der Waals surface area contributed by atoms with E-state index in [1.807, 2.05) is 13.8 Å². The Morgan fingerprint density at radius 3 is 2.72 bits per heavy atom. The third kappa shape index (κ3) is 7.30. The lowest BCUT2D eigenvalue weighted by molar-refractivity contribution is -0.384. The fourth-order valence-electron chi connectivity index (χ4n) is 2.05. The largest absolute Gasteiger partial charge is 0.445 e. The maximum absolute atomic E-state index is 12.0. The lowest BCUT2D eigenvalue weighted by Crippen LogP contribution is -2.47. The van der Waals surface area contributed by atoms with Crippen molar-refractivity contribution in [3.8, 4) is 6.07 Å². The number of nitrogens with one attached hydrogen (secondary N) is 2. The van der Waals surface area contributed by atoms with Gasteiger partial charge in [0.25, 0.3) is 5.69 Å². The quantitative estimate of drug-likeness (QED) is 0.418. The fourth-order valence-corrected chi connectivity index (χ4v) is 2.05. The van der Waals surface area contributed by atoms with E-state index in [1.165, 1.54) is 18.2 Å². The number of benzene rings is 1. The van der Waals surface area contributed by atoms with Crippen molar-refractivity contribution in [2.24, 2.45) is 5.92 Å². The monoisotopic (exact) mass is 348 g/mol. The average molecular weight is 348 g/mol. The van der Waals surface area contributed by atoms with Gasteiger partial charge in [0.15, 0.2) is 0 Å². The zero-order chi connectivity index (χ0) is 18.8. The molecule has 0 spiro atoms. The van der Waals surface area contributed by atoms with Crippen molar-refractivity contribution in [1.82, 2.24) is 10.6 Å². The molecule has 0 bridgehead atoms. The molecule has 2 amide bonds. The molecule has 9 heteroatoms. The van der Waals surface area contributed by atoms with Crippen LogP contribution >= 0.6 is 0 Å². The molecule has 0 unspecified atom stereocenters. The van der Waals surface area contributed by atoms with Crippen LogP contribution in [0.1, 0.15) is 25.8 Å². The van der Waals surface area contributed by atoms with Crippen LogP contribution in [0, 0.1) is 27.4 Å². The minimum absolute atomic E-state index is 0.102. The third-order valence-electron chi connectivity index (χ3n) is 3.15. The van der Waals surface area contributed by atoms with Gasteiger partial charge in [-0.2, -0.15) is 5.26 Å². The normalized spacial score (nSPS) is 11.3. The number of carbonyl (C=O) groups is 2. The summed E-state index contributed by atoms with van der Waals surface area (Å²) < 4.78 is 5.01. The fraction of sp³-hybridized carbons (Fsp3) is 0.438. The van der Waals surface area contributed by atoms with Crippen LogP contribution in [0.2, 0.25) is 0 Å². The molecule has 0 heterocycles. The van der Waals surface area contributed by atoms with Crippen LogP contribution in [-0.4, -0.2) is 29.5 Å². The number of carbonyl (C=O) groups excluding carboxylic acids is 2. The first kappa shape index (κ1) is 19.9. The number of amides is 2. The van der Waals surface area contributed by atoms with E-state index < -0.39 is 23.0 Å². The Morgan fingerprint density at radius 1 is 1.40 bits per heavy atom. The number of non-ortho nitro benzene ring substituents is 1. The van der Waals surface area contributed by atoms with Crippen LogP contribution in [-0.2, 0) is 16.1 Å². The van der Waals surface area contributed by atoms with Crippen molar-refractivity contribution >= 4 is 17.7 Å². The van der Waals surface area contributed by atoms with Crippen LogP contribution < -0.4 is 10.6 Å². The number of alkyl carbamates (subject to hydrolysis) is 1. The van der Waals surface area contributed by atoms with Crippen molar-refractivity contribution < 1.29 is 19.2 Å². The second-order valence-corrected chi connectivity index (χ2v) is 5.71. The van der Waals surface area contributed by atoms with Gasteiger partial charge in [0.1, 0.15) is 19.2 Å². The van der Waals surface area contributed by atoms with Gasteiger partial charge < -0.3 is 15.4 Å². The second kappa shape index (κ2) is 9.87. The number of nitrogens with zero attached hydrogens (tertiary/aromatic N) is 2. The van der Waals surface area contributed by atoms with Gasteiger partial charge in [-0.25, -0.2) is 4.79 Å². The Bertz CT molecular complexity index is 669. The van der Waals surface area contributed by atoms with Crippen molar-refractivity contribution in [3.05, 3.63) is 39.9 Å². The van der Waals surface area contributed by atoms with E-state index in [4.69, 9.17) is 10.00 Å². The summed E-state index contributed by atoms with van der Waals surface area (Å²) in [4.78, 5) is 34.0. The summed E-state index contributed by atoms with van der Waals surface area (Å²) in [5.74, 6) is -0.336. The molecular formula is C16H20N4O5. The average Bonchev–Trinajstić information content (AvgIpc) is 2.57. The molecule has 134 valence electrons. The molecule has 0 saturated heterocycles. The van der Waals surface area contributed by atoms with Crippen molar-refractivity contribution in [1.29, 1.82) is 5.26 Å². The van der Waals surface area contributed by atoms with Crippen LogP contribution in [0.5, 0.6) is 0 Å². The summed E-state index contributed by atoms with van der Waals surface area (Å²) in [5.41, 5.74) is 0.355. The summed E-state index contributed by atoms with van der Waals surface area (Å²) in [6.07, 6.45) is -0.437. The van der Waals surface area contributed by atoms with Gasteiger partial charge in [-0.05, 0) is 17.9 Å². The summed E-state index contributed by atoms with van der Waals surface area (Å²) in [5, 5.41) is 24.1. The smallest absolute Gasteiger partial charge is 0.408 e. The Morgan fingerprint density at radius 2 is 2.12 bits per heavy atom. The lowest BCUT2D eigenvalue weighted by atomic mass is 10.0. The molecule has 1 atom stereocenters. The SMILES string of the molecule is CC(C)C[C@H](NC(=O)OCc1cccc([N+](=O)[O-])c1)C(=O)NCC#N. The summed E-state index contributed by atoms with van der Waals surface area (Å²) in [6.45, 7) is 3.46. The Hall–Kier alpha value is -3.15. The minimum Gasteiger partial charge on any atom is -0.445 e. The summed E-state index contributed by atoms with van der Waals surface area (Å²) in [6, 6.07) is 6.68. The molecule has 25 heavy (non-hydrogen) atoms. The van der Waals surface area contributed by atoms with Gasteiger partial charge in [0, 0.05) is 12.1 Å². The molecule has 0 aliphatic heterocycles. The van der Waals surface area contributed by atoms with Crippen LogP contribution in [0.4, 0.5) is 10.5 Å². The molecule has 9 nitrogen and oxygen atoms in total. The first-order chi connectivity index (χ1) is 11.8. The number of ether oxygens (including phenoxy) is 1. The highest BCUT2D eigenvalue weighted by Gasteiger charge is 2.22. The predicted octanol–water partition coefficient (Wildman–Crippen LogP) is 1.88. The van der Waals surface area contributed by atoms with E-state index >= 15 is 0 Å². The van der Waals surface area contributed by atoms with Crippen molar-refractivity contribution in [2.75, 3.05) is 6.54 Å². The molecule has 2 N–H and O–H groups in total. The molecule has 1 aromatic carbocycles. The lowest BCUT2D eigenvalue weighted by Gasteiger charge is -2.19. The Balaban J connectivity index is 2.62. The highest BCUT2D eigenvalue weighted by Crippen LogP contribution is 2.14. The molecular weight excluding hydrogens is 328 g/mol. The molecule has 0 fully saturated rings. The molecule has 1 aromatic rings. The number of hydrogen-bond acceptors (Lipinski definition) is 6. The van der Waals surface area contributed by atoms with Crippen LogP contribution in [0.25, 0.3) is 0 Å². The highest BCUT2D eigenvalue weighted by molar-refractivity contribution is 5.85. The minimum atomic E-state index is -0.828. The highest BCUT2D eigenvalue weighted by atomic mass is 16.6. The molecule has 0 aliphatic carbocycles. The van der Waals surface area contributed by atoms with Gasteiger partial charge in [0.2, 0.25) is 5.91 Å². The molecule has 1 rings (SSSR count). The number of nitriles is 1. The van der Waals surface area contributed by atoms with Gasteiger partial charge in [-0.15, -0.1) is 0 Å². The first-order valence-corrected chi connectivity index (χ1v) is 7.64. The zero-order valence-electron chi connectivity index (χ0n) is 14.0. The molecule has 0 saturated carbocycles. The second-order valence-electron chi connectivity index (χ2n) is 5.71. The summed E-state index contributed by atoms with van der Waals surface area (Å²) >= 11 is 0. The maximum atomic E-state index is 12.0. The van der Waals surface area contributed by atoms with E-state index in [2.05, 4.69) is 10.6 Å². The van der Waals surface area contributed by atoms with E-state index in [0.717, 1.165) is 0 Å².